The van der Waals surface area contributed by atoms with E-state index in [1.54, 1.807) is 24.8 Å². The predicted octanol–water partition coefficient (Wildman–Crippen LogP) is 4.56. The van der Waals surface area contributed by atoms with Gasteiger partial charge in [-0.15, -0.1) is 0 Å². The van der Waals surface area contributed by atoms with E-state index in [4.69, 9.17) is 0 Å². The van der Waals surface area contributed by atoms with Crippen molar-refractivity contribution in [2.45, 2.75) is 63.8 Å². The van der Waals surface area contributed by atoms with Crippen LogP contribution in [-0.4, -0.2) is 78.3 Å². The van der Waals surface area contributed by atoms with Gasteiger partial charge in [-0.25, -0.2) is 18.3 Å². The zero-order valence-corrected chi connectivity index (χ0v) is 23.0. The summed E-state index contributed by atoms with van der Waals surface area (Å²) in [7, 11) is 0. The molecule has 2 aliphatic rings. The molecule has 0 radical (unpaired) electrons. The first kappa shape index (κ1) is 28.9. The van der Waals surface area contributed by atoms with Gasteiger partial charge in [0.25, 0.3) is 5.91 Å². The van der Waals surface area contributed by atoms with Crippen molar-refractivity contribution in [3.63, 3.8) is 0 Å². The first-order valence-corrected chi connectivity index (χ1v) is 13.3. The van der Waals surface area contributed by atoms with Gasteiger partial charge < -0.3 is 14.9 Å². The van der Waals surface area contributed by atoms with Gasteiger partial charge >= 0.3 is 6.18 Å². The number of carbonyl (C=O) groups excluding carboxylic acids is 2. The summed E-state index contributed by atoms with van der Waals surface area (Å²) in [5.41, 5.74) is -1.69. The van der Waals surface area contributed by atoms with Crippen molar-refractivity contribution in [2.24, 2.45) is 5.92 Å². The fourth-order valence-corrected chi connectivity index (χ4v) is 5.60. The molecule has 1 saturated carbocycles. The lowest BCUT2D eigenvalue weighted by molar-refractivity contribution is -0.297. The van der Waals surface area contributed by atoms with Crippen molar-refractivity contribution in [2.75, 3.05) is 19.6 Å². The van der Waals surface area contributed by atoms with Crippen LogP contribution in [0.15, 0.2) is 30.5 Å². The molecule has 13 heteroatoms. The maximum absolute atomic E-state index is 13.9. The third-order valence-corrected chi connectivity index (χ3v) is 8.01. The molecule has 1 saturated heterocycles. The molecule has 0 spiro atoms. The zero-order valence-electron chi connectivity index (χ0n) is 23.0. The van der Waals surface area contributed by atoms with E-state index in [2.05, 4.69) is 10.1 Å². The van der Waals surface area contributed by atoms with E-state index in [0.29, 0.717) is 16.9 Å². The number of fused-ring (bicyclic) bond motifs is 1. The third-order valence-electron chi connectivity index (χ3n) is 8.01. The second-order valence-corrected chi connectivity index (χ2v) is 11.8. The molecule has 41 heavy (non-hydrogen) atoms. The van der Waals surface area contributed by atoms with Gasteiger partial charge in [0.15, 0.2) is 22.9 Å². The average Bonchev–Trinajstić information content (AvgIpc) is 3.30. The van der Waals surface area contributed by atoms with Gasteiger partial charge in [0.05, 0.1) is 17.4 Å². The molecule has 1 aliphatic heterocycles. The minimum Gasteiger partial charge on any atom is -0.380 e. The van der Waals surface area contributed by atoms with Crippen molar-refractivity contribution >= 4 is 17.5 Å². The number of imidazole rings is 1. The number of carbonyl (C=O) groups is 2. The Morgan fingerprint density at radius 3 is 2.34 bits per heavy atom. The largest absolute Gasteiger partial charge is 0.417 e. The van der Waals surface area contributed by atoms with Crippen LogP contribution in [0.1, 0.15) is 62.5 Å². The number of rotatable bonds is 4. The number of hydrogen-bond acceptors (Lipinski definition) is 5. The highest BCUT2D eigenvalue weighted by atomic mass is 19.4. The van der Waals surface area contributed by atoms with Crippen molar-refractivity contribution < 1.29 is 36.6 Å². The summed E-state index contributed by atoms with van der Waals surface area (Å²) in [6.45, 7) is 7.72. The second-order valence-electron chi connectivity index (χ2n) is 11.8. The summed E-state index contributed by atoms with van der Waals surface area (Å²) in [5, 5.41) is 14.2. The fourth-order valence-electron chi connectivity index (χ4n) is 5.60. The Morgan fingerprint density at radius 1 is 1.07 bits per heavy atom. The first-order valence-electron chi connectivity index (χ1n) is 13.3. The summed E-state index contributed by atoms with van der Waals surface area (Å²) < 4.78 is 67.9. The van der Waals surface area contributed by atoms with Crippen LogP contribution >= 0.6 is 0 Å². The molecule has 2 fully saturated rings. The van der Waals surface area contributed by atoms with Gasteiger partial charge in [-0.1, -0.05) is 13.8 Å². The normalized spacial score (nSPS) is 22.8. The van der Waals surface area contributed by atoms with Gasteiger partial charge in [0.1, 0.15) is 5.69 Å². The molecule has 0 bridgehead atoms. The standard InChI is InChI=1S/C28H30F5N5O3/c1-15(2)18-10-21(16-5-6-19(29)20(30)9-16)35-38-13-22(34-23(18)38)25(40)37-8-7-36(14-26(37,3)4)24(39)17-11-27(41,12-17)28(31,32)33/h5-6,9-10,13,15,17,41H,7-8,11-12,14H2,1-4H3/t17-,27+. The summed E-state index contributed by atoms with van der Waals surface area (Å²) in [6.07, 6.45) is -4.67. The molecule has 3 heterocycles. The quantitative estimate of drug-likeness (QED) is 0.458. The Hall–Kier alpha value is -3.61. The Bertz CT molecular complexity index is 1530. The number of halogens is 5. The van der Waals surface area contributed by atoms with E-state index in [1.807, 2.05) is 13.8 Å². The molecule has 220 valence electrons. The number of amides is 2. The van der Waals surface area contributed by atoms with Gasteiger partial charge in [-0.3, -0.25) is 9.59 Å². The maximum Gasteiger partial charge on any atom is 0.417 e. The van der Waals surface area contributed by atoms with E-state index in [1.165, 1.54) is 21.7 Å². The van der Waals surface area contributed by atoms with Gasteiger partial charge in [-0.05, 0) is 56.9 Å². The van der Waals surface area contributed by atoms with Crippen LogP contribution in [0.5, 0.6) is 0 Å². The van der Waals surface area contributed by atoms with Gasteiger partial charge in [0, 0.05) is 36.7 Å². The Morgan fingerprint density at radius 2 is 1.76 bits per heavy atom. The number of aromatic nitrogens is 3. The van der Waals surface area contributed by atoms with Crippen molar-refractivity contribution in [1.29, 1.82) is 0 Å². The monoisotopic (exact) mass is 579 g/mol. The molecular weight excluding hydrogens is 549 g/mol. The Labute approximate surface area is 232 Å². The molecule has 0 atom stereocenters. The van der Waals surface area contributed by atoms with E-state index < -0.39 is 59.5 Å². The molecule has 1 N–H and O–H groups in total. The molecular formula is C28H30F5N5O3. The lowest BCUT2D eigenvalue weighted by atomic mass is 9.69. The molecule has 1 aromatic carbocycles. The number of hydrogen-bond donors (Lipinski definition) is 1. The minimum absolute atomic E-state index is 0.0394. The highest BCUT2D eigenvalue weighted by molar-refractivity contribution is 5.94. The average molecular weight is 580 g/mol. The van der Waals surface area contributed by atoms with Gasteiger partial charge in [-0.2, -0.15) is 18.3 Å². The SMILES string of the molecule is CC(C)c1cc(-c2ccc(F)c(F)c2)nn2cc(C(=O)N3CCN(C(=O)[C@H]4C[C@](O)(C(F)(F)F)C4)CC3(C)C)nc12. The van der Waals surface area contributed by atoms with E-state index >= 15 is 0 Å². The molecule has 1 aliphatic carbocycles. The Kier molecular flexibility index (Phi) is 6.87. The lowest BCUT2D eigenvalue weighted by Crippen LogP contribution is -2.65. The number of benzene rings is 1. The number of piperazine rings is 1. The van der Waals surface area contributed by atoms with Crippen molar-refractivity contribution in [3.8, 4) is 11.3 Å². The molecule has 5 rings (SSSR count). The third kappa shape index (κ3) is 5.04. The second kappa shape index (κ2) is 9.74. The highest BCUT2D eigenvalue weighted by Gasteiger charge is 2.63. The van der Waals surface area contributed by atoms with Crippen molar-refractivity contribution in [3.05, 3.63) is 53.4 Å². The topological polar surface area (TPSA) is 91.0 Å². The van der Waals surface area contributed by atoms with Crippen LogP contribution in [0.25, 0.3) is 16.9 Å². The molecule has 3 aromatic rings. The maximum atomic E-state index is 13.9. The highest BCUT2D eigenvalue weighted by Crippen LogP contribution is 2.49. The van der Waals surface area contributed by atoms with Crippen LogP contribution in [-0.2, 0) is 4.79 Å². The smallest absolute Gasteiger partial charge is 0.380 e. The summed E-state index contributed by atoms with van der Waals surface area (Å²) in [6, 6.07) is 5.20. The number of nitrogens with zero attached hydrogens (tertiary/aromatic N) is 5. The number of alkyl halides is 3. The van der Waals surface area contributed by atoms with E-state index in [-0.39, 0.29) is 31.2 Å². The molecule has 2 aromatic heterocycles. The molecule has 8 nitrogen and oxygen atoms in total. The van der Waals surface area contributed by atoms with Crippen LogP contribution < -0.4 is 0 Å². The summed E-state index contributed by atoms with van der Waals surface area (Å²) in [5.74, 6) is -3.83. The minimum atomic E-state index is -4.79. The van der Waals surface area contributed by atoms with Gasteiger partial charge in [0.2, 0.25) is 5.91 Å². The predicted molar refractivity (Wildman–Crippen MR) is 138 cm³/mol. The van der Waals surface area contributed by atoms with Crippen LogP contribution in [0.4, 0.5) is 22.0 Å². The van der Waals surface area contributed by atoms with Crippen LogP contribution in [0.2, 0.25) is 0 Å². The first-order chi connectivity index (χ1) is 19.0. The Balaban J connectivity index is 1.37. The fraction of sp³-hybridized carbons (Fsp3) is 0.500. The van der Waals surface area contributed by atoms with Crippen molar-refractivity contribution in [1.82, 2.24) is 24.4 Å². The van der Waals surface area contributed by atoms with E-state index in [9.17, 15) is 36.6 Å². The number of aliphatic hydroxyl groups is 1. The lowest BCUT2D eigenvalue weighted by Gasteiger charge is -2.50. The summed E-state index contributed by atoms with van der Waals surface area (Å²) in [4.78, 5) is 34.1. The molecule has 0 unspecified atom stereocenters. The molecule has 2 amide bonds. The van der Waals surface area contributed by atoms with Crippen LogP contribution in [0.3, 0.4) is 0 Å². The zero-order chi connectivity index (χ0) is 30.1. The summed E-state index contributed by atoms with van der Waals surface area (Å²) >= 11 is 0. The van der Waals surface area contributed by atoms with E-state index in [0.717, 1.165) is 17.7 Å². The van der Waals surface area contributed by atoms with Crippen LogP contribution in [0, 0.1) is 17.6 Å².